The van der Waals surface area contributed by atoms with Crippen LogP contribution in [0.1, 0.15) is 5.56 Å². The minimum absolute atomic E-state index is 0.0106. The Morgan fingerprint density at radius 3 is 2.65 bits per heavy atom. The molecular weight excluding hydrogens is 361 g/mol. The minimum atomic E-state index is -0.381. The molecule has 0 saturated heterocycles. The van der Waals surface area contributed by atoms with E-state index < -0.39 is 0 Å². The number of carbonyl (C=O) groups is 1. The van der Waals surface area contributed by atoms with E-state index in [0.29, 0.717) is 21.3 Å². The first-order valence-electron chi connectivity index (χ1n) is 6.45. The van der Waals surface area contributed by atoms with Crippen LogP contribution in [0.2, 0.25) is 15.1 Å². The van der Waals surface area contributed by atoms with Crippen LogP contribution < -0.4 is 10.7 Å². The number of phenolic OH excluding ortho intramolecular Hbond substituents is 1. The van der Waals surface area contributed by atoms with Crippen LogP contribution in [0.15, 0.2) is 41.5 Å². The normalized spacial score (nSPS) is 10.7. The second-order valence-corrected chi connectivity index (χ2v) is 5.70. The average Bonchev–Trinajstić information content (AvgIpc) is 2.51. The summed E-state index contributed by atoms with van der Waals surface area (Å²) in [5, 5.41) is 17.3. The molecule has 0 aliphatic heterocycles. The van der Waals surface area contributed by atoms with Crippen molar-refractivity contribution in [2.24, 2.45) is 5.10 Å². The van der Waals surface area contributed by atoms with Gasteiger partial charge in [-0.15, -0.1) is 0 Å². The number of nitrogens with zero attached hydrogens (tertiary/aromatic N) is 1. The summed E-state index contributed by atoms with van der Waals surface area (Å²) in [6.45, 7) is -0.0106. The van der Waals surface area contributed by atoms with E-state index in [2.05, 4.69) is 15.8 Å². The topological polar surface area (TPSA) is 73.7 Å². The van der Waals surface area contributed by atoms with Gasteiger partial charge < -0.3 is 10.4 Å². The van der Waals surface area contributed by atoms with Crippen molar-refractivity contribution in [3.8, 4) is 5.75 Å². The van der Waals surface area contributed by atoms with Gasteiger partial charge in [-0.05, 0) is 24.3 Å². The van der Waals surface area contributed by atoms with Crippen molar-refractivity contribution in [2.75, 3.05) is 11.9 Å². The first-order chi connectivity index (χ1) is 11.0. The molecule has 0 aromatic heterocycles. The van der Waals surface area contributed by atoms with Crippen molar-refractivity contribution in [3.05, 3.63) is 57.0 Å². The molecule has 0 aliphatic rings. The van der Waals surface area contributed by atoms with Gasteiger partial charge in [0, 0.05) is 10.6 Å². The zero-order valence-corrected chi connectivity index (χ0v) is 14.0. The fourth-order valence-electron chi connectivity index (χ4n) is 1.68. The smallest absolute Gasteiger partial charge is 0.259 e. The molecule has 0 atom stereocenters. The molecular formula is C15H12Cl3N3O2. The number of rotatable bonds is 5. The van der Waals surface area contributed by atoms with Gasteiger partial charge in [0.2, 0.25) is 0 Å². The minimum Gasteiger partial charge on any atom is -0.506 e. The zero-order valence-electron chi connectivity index (χ0n) is 11.7. The van der Waals surface area contributed by atoms with Crippen LogP contribution in [-0.2, 0) is 4.79 Å². The van der Waals surface area contributed by atoms with Crippen molar-refractivity contribution in [1.82, 2.24) is 5.43 Å². The van der Waals surface area contributed by atoms with Crippen LogP contribution in [0.3, 0.4) is 0 Å². The summed E-state index contributed by atoms with van der Waals surface area (Å²) in [7, 11) is 0. The maximum Gasteiger partial charge on any atom is 0.259 e. The largest absolute Gasteiger partial charge is 0.506 e. The van der Waals surface area contributed by atoms with Gasteiger partial charge in [0.25, 0.3) is 5.91 Å². The van der Waals surface area contributed by atoms with E-state index in [9.17, 15) is 9.90 Å². The van der Waals surface area contributed by atoms with Crippen LogP contribution in [0, 0.1) is 0 Å². The van der Waals surface area contributed by atoms with Crippen LogP contribution >= 0.6 is 34.8 Å². The Labute approximate surface area is 147 Å². The highest BCUT2D eigenvalue weighted by atomic mass is 35.5. The zero-order chi connectivity index (χ0) is 16.8. The summed E-state index contributed by atoms with van der Waals surface area (Å²) in [5.74, 6) is -0.544. The number of benzene rings is 2. The average molecular weight is 373 g/mol. The first kappa shape index (κ1) is 17.4. The molecule has 2 rings (SSSR count). The molecule has 0 heterocycles. The second kappa shape index (κ2) is 8.06. The summed E-state index contributed by atoms with van der Waals surface area (Å²) < 4.78 is 0. The van der Waals surface area contributed by atoms with Crippen LogP contribution in [-0.4, -0.2) is 23.8 Å². The van der Waals surface area contributed by atoms with Crippen molar-refractivity contribution < 1.29 is 9.90 Å². The number of carbonyl (C=O) groups excluding carboxylic acids is 1. The third kappa shape index (κ3) is 5.03. The molecule has 2 aromatic rings. The lowest BCUT2D eigenvalue weighted by Crippen LogP contribution is -2.25. The monoisotopic (exact) mass is 371 g/mol. The van der Waals surface area contributed by atoms with Gasteiger partial charge in [0.1, 0.15) is 5.75 Å². The third-order valence-corrected chi connectivity index (χ3v) is 3.60. The molecule has 0 bridgehead atoms. The lowest BCUT2D eigenvalue weighted by Gasteiger charge is -2.07. The first-order valence-corrected chi connectivity index (χ1v) is 7.59. The van der Waals surface area contributed by atoms with Gasteiger partial charge in [-0.3, -0.25) is 4.79 Å². The molecule has 8 heteroatoms. The quantitative estimate of drug-likeness (QED) is 0.550. The van der Waals surface area contributed by atoms with Crippen molar-refractivity contribution in [2.45, 2.75) is 0 Å². The van der Waals surface area contributed by atoms with E-state index in [4.69, 9.17) is 34.8 Å². The number of hydrazone groups is 1. The number of amides is 1. The molecule has 3 N–H and O–H groups in total. The van der Waals surface area contributed by atoms with Crippen LogP contribution in [0.5, 0.6) is 5.75 Å². The molecule has 0 unspecified atom stereocenters. The van der Waals surface area contributed by atoms with Gasteiger partial charge in [-0.25, -0.2) is 5.43 Å². The fourth-order valence-corrected chi connectivity index (χ4v) is 2.39. The number of phenols is 1. The summed E-state index contributed by atoms with van der Waals surface area (Å²) >= 11 is 17.6. The standard InChI is InChI=1S/C15H12Cl3N3O2/c16-10-5-9(15(23)12(18)6-10)7-20-21-14(22)8-19-13-4-2-1-3-11(13)17/h1-7,19,23H,8H2,(H,21,22)/b20-7-. The highest BCUT2D eigenvalue weighted by Crippen LogP contribution is 2.29. The van der Waals surface area contributed by atoms with E-state index in [1.165, 1.54) is 18.3 Å². The summed E-state index contributed by atoms with van der Waals surface area (Å²) in [6, 6.07) is 9.94. The third-order valence-electron chi connectivity index (χ3n) is 2.76. The molecule has 0 aliphatic carbocycles. The molecule has 0 saturated carbocycles. The number of nitrogens with one attached hydrogen (secondary N) is 2. The number of hydrogen-bond acceptors (Lipinski definition) is 4. The van der Waals surface area contributed by atoms with Crippen molar-refractivity contribution in [1.29, 1.82) is 0 Å². The number of hydrogen-bond donors (Lipinski definition) is 3. The summed E-state index contributed by atoms with van der Waals surface area (Å²) in [5.41, 5.74) is 3.25. The van der Waals surface area contributed by atoms with E-state index in [1.54, 1.807) is 24.3 Å². The Kier molecular flexibility index (Phi) is 6.10. The maximum atomic E-state index is 11.7. The number of halogens is 3. The van der Waals surface area contributed by atoms with E-state index in [1.807, 2.05) is 0 Å². The molecule has 1 amide bonds. The lowest BCUT2D eigenvalue weighted by molar-refractivity contribution is -0.119. The van der Waals surface area contributed by atoms with Gasteiger partial charge >= 0.3 is 0 Å². The number of aromatic hydroxyl groups is 1. The summed E-state index contributed by atoms with van der Waals surface area (Å²) in [4.78, 5) is 11.7. The summed E-state index contributed by atoms with van der Waals surface area (Å²) in [6.07, 6.45) is 1.25. The van der Waals surface area contributed by atoms with Crippen LogP contribution in [0.4, 0.5) is 5.69 Å². The van der Waals surface area contributed by atoms with Gasteiger partial charge in [0.05, 0.1) is 28.5 Å². The Balaban J connectivity index is 1.91. The van der Waals surface area contributed by atoms with Crippen molar-refractivity contribution in [3.63, 3.8) is 0 Å². The SMILES string of the molecule is O=C(CNc1ccccc1Cl)N/N=C\c1cc(Cl)cc(Cl)c1O. The molecule has 23 heavy (non-hydrogen) atoms. The molecule has 2 aromatic carbocycles. The van der Waals surface area contributed by atoms with Crippen molar-refractivity contribution >= 4 is 52.6 Å². The highest BCUT2D eigenvalue weighted by Gasteiger charge is 2.06. The maximum absolute atomic E-state index is 11.7. The molecule has 5 nitrogen and oxygen atoms in total. The van der Waals surface area contributed by atoms with Gasteiger partial charge in [-0.1, -0.05) is 46.9 Å². The number of para-hydroxylation sites is 1. The Bertz CT molecular complexity index is 751. The Morgan fingerprint density at radius 1 is 1.17 bits per heavy atom. The second-order valence-electron chi connectivity index (χ2n) is 4.45. The van der Waals surface area contributed by atoms with E-state index in [0.717, 1.165) is 0 Å². The Hall–Kier alpha value is -1.95. The Morgan fingerprint density at radius 2 is 1.91 bits per heavy atom. The van der Waals surface area contributed by atoms with Gasteiger partial charge in [0.15, 0.2) is 0 Å². The fraction of sp³-hybridized carbons (Fsp3) is 0.0667. The van der Waals surface area contributed by atoms with E-state index in [-0.39, 0.29) is 23.2 Å². The highest BCUT2D eigenvalue weighted by molar-refractivity contribution is 6.36. The van der Waals surface area contributed by atoms with E-state index >= 15 is 0 Å². The molecule has 0 fully saturated rings. The predicted molar refractivity (Wildman–Crippen MR) is 93.8 cm³/mol. The predicted octanol–water partition coefficient (Wildman–Crippen LogP) is 3.91. The molecule has 120 valence electrons. The van der Waals surface area contributed by atoms with Gasteiger partial charge in [-0.2, -0.15) is 5.10 Å². The molecule has 0 spiro atoms. The number of anilines is 1. The lowest BCUT2D eigenvalue weighted by atomic mass is 10.2. The van der Waals surface area contributed by atoms with Crippen LogP contribution in [0.25, 0.3) is 0 Å². The molecule has 0 radical (unpaired) electrons.